The predicted molar refractivity (Wildman–Crippen MR) is 84.7 cm³/mol. The van der Waals surface area contributed by atoms with Gasteiger partial charge in [-0.25, -0.2) is 9.37 Å². The first-order valence-corrected chi connectivity index (χ1v) is 6.82. The zero-order valence-electron chi connectivity index (χ0n) is 11.9. The zero-order valence-corrected chi connectivity index (χ0v) is 11.9. The molecule has 2 N–H and O–H groups in total. The lowest BCUT2D eigenvalue weighted by atomic mass is 10.1. The van der Waals surface area contributed by atoms with Crippen LogP contribution in [0.5, 0.6) is 0 Å². The van der Waals surface area contributed by atoms with E-state index in [-0.39, 0.29) is 11.4 Å². The fraction of sp³-hybridized carbons (Fsp3) is 0.0588. The van der Waals surface area contributed by atoms with Crippen molar-refractivity contribution in [1.82, 2.24) is 9.97 Å². The Morgan fingerprint density at radius 2 is 1.86 bits per heavy atom. The summed E-state index contributed by atoms with van der Waals surface area (Å²) in [7, 11) is 0. The van der Waals surface area contributed by atoms with Crippen molar-refractivity contribution < 1.29 is 4.39 Å². The highest BCUT2D eigenvalue weighted by molar-refractivity contribution is 5.63. The van der Waals surface area contributed by atoms with E-state index >= 15 is 0 Å². The molecule has 4 nitrogen and oxygen atoms in total. The number of aromatic nitrogens is 2. The largest absolute Gasteiger partial charge is 0.325 e. The molecule has 5 heteroatoms. The van der Waals surface area contributed by atoms with Gasteiger partial charge in [-0.1, -0.05) is 30.3 Å². The van der Waals surface area contributed by atoms with Crippen molar-refractivity contribution in [2.24, 2.45) is 0 Å². The number of nitrogens with zero attached hydrogens (tertiary/aromatic N) is 1. The van der Waals surface area contributed by atoms with Gasteiger partial charge in [0, 0.05) is 17.3 Å². The average molecular weight is 295 g/mol. The van der Waals surface area contributed by atoms with Crippen LogP contribution in [0.4, 0.5) is 16.0 Å². The van der Waals surface area contributed by atoms with E-state index in [4.69, 9.17) is 0 Å². The van der Waals surface area contributed by atoms with Gasteiger partial charge in [-0.05, 0) is 30.7 Å². The Morgan fingerprint density at radius 1 is 1.09 bits per heavy atom. The summed E-state index contributed by atoms with van der Waals surface area (Å²) >= 11 is 0. The maximum Gasteiger partial charge on any atom is 0.252 e. The van der Waals surface area contributed by atoms with Crippen molar-refractivity contribution in [1.29, 1.82) is 0 Å². The van der Waals surface area contributed by atoms with E-state index in [1.807, 2.05) is 30.3 Å². The fourth-order valence-corrected chi connectivity index (χ4v) is 2.17. The number of aryl methyl sites for hydroxylation is 1. The van der Waals surface area contributed by atoms with Gasteiger partial charge in [0.15, 0.2) is 0 Å². The molecule has 0 bridgehead atoms. The van der Waals surface area contributed by atoms with Crippen LogP contribution in [0.2, 0.25) is 0 Å². The summed E-state index contributed by atoms with van der Waals surface area (Å²) < 4.78 is 13.1. The van der Waals surface area contributed by atoms with Crippen LogP contribution in [-0.4, -0.2) is 9.97 Å². The smallest absolute Gasteiger partial charge is 0.252 e. The Hall–Kier alpha value is -2.95. The molecule has 0 amide bonds. The highest BCUT2D eigenvalue weighted by Crippen LogP contribution is 2.20. The molecule has 0 spiro atoms. The molecule has 0 unspecified atom stereocenters. The van der Waals surface area contributed by atoms with Gasteiger partial charge in [0.25, 0.3) is 5.56 Å². The molecule has 0 aliphatic rings. The van der Waals surface area contributed by atoms with Crippen LogP contribution >= 0.6 is 0 Å². The van der Waals surface area contributed by atoms with Crippen LogP contribution in [0.15, 0.2) is 59.4 Å². The standard InChI is InChI=1S/C17H14FN3O/c1-11-9-13(18)7-8-14(11)19-17-20-15(10-16(22)21-17)12-5-3-2-4-6-12/h2-10H,1H3,(H2,19,20,21,22). The fourth-order valence-electron chi connectivity index (χ4n) is 2.17. The molecule has 22 heavy (non-hydrogen) atoms. The van der Waals surface area contributed by atoms with Gasteiger partial charge in [0.05, 0.1) is 5.69 Å². The molecule has 0 radical (unpaired) electrons. The van der Waals surface area contributed by atoms with Crippen molar-refractivity contribution in [3.05, 3.63) is 76.3 Å². The van der Waals surface area contributed by atoms with Gasteiger partial charge >= 0.3 is 0 Å². The second-order valence-electron chi connectivity index (χ2n) is 4.93. The Labute approximate surface area is 126 Å². The van der Waals surface area contributed by atoms with Crippen LogP contribution in [0, 0.1) is 12.7 Å². The number of H-pyrrole nitrogens is 1. The highest BCUT2D eigenvalue weighted by Gasteiger charge is 2.06. The molecule has 2 aromatic carbocycles. The van der Waals surface area contributed by atoms with E-state index in [1.165, 1.54) is 18.2 Å². The van der Waals surface area contributed by atoms with Crippen LogP contribution in [0.1, 0.15) is 5.56 Å². The minimum absolute atomic E-state index is 0.254. The molecule has 0 fully saturated rings. The summed E-state index contributed by atoms with van der Waals surface area (Å²) in [5.74, 6) is 0.0172. The summed E-state index contributed by atoms with van der Waals surface area (Å²) in [5.41, 5.74) is 2.60. The van der Waals surface area contributed by atoms with Crippen molar-refractivity contribution >= 4 is 11.6 Å². The summed E-state index contributed by atoms with van der Waals surface area (Å²) in [6.07, 6.45) is 0. The highest BCUT2D eigenvalue weighted by atomic mass is 19.1. The number of nitrogens with one attached hydrogen (secondary N) is 2. The molecular weight excluding hydrogens is 281 g/mol. The van der Waals surface area contributed by atoms with Crippen LogP contribution in [0.3, 0.4) is 0 Å². The van der Waals surface area contributed by atoms with Gasteiger partial charge in [-0.15, -0.1) is 0 Å². The molecule has 0 aliphatic carbocycles. The van der Waals surface area contributed by atoms with Crippen LogP contribution in [0.25, 0.3) is 11.3 Å². The number of rotatable bonds is 3. The lowest BCUT2D eigenvalue weighted by Crippen LogP contribution is -2.11. The van der Waals surface area contributed by atoms with Gasteiger partial charge in [0.2, 0.25) is 5.95 Å². The Kier molecular flexibility index (Phi) is 3.70. The van der Waals surface area contributed by atoms with Crippen molar-refractivity contribution in [3.8, 4) is 11.3 Å². The molecule has 3 aromatic rings. The molecule has 0 aliphatic heterocycles. The Balaban J connectivity index is 1.98. The SMILES string of the molecule is Cc1cc(F)ccc1Nc1nc(-c2ccccc2)cc(=O)[nH]1. The first kappa shape index (κ1) is 14.0. The van der Waals surface area contributed by atoms with E-state index in [1.54, 1.807) is 13.0 Å². The maximum atomic E-state index is 13.1. The summed E-state index contributed by atoms with van der Waals surface area (Å²) in [6, 6.07) is 15.3. The molecule has 1 heterocycles. The number of benzene rings is 2. The van der Waals surface area contributed by atoms with Gasteiger partial charge in [-0.3, -0.25) is 9.78 Å². The minimum Gasteiger partial charge on any atom is -0.325 e. The van der Waals surface area contributed by atoms with Gasteiger partial charge in [-0.2, -0.15) is 0 Å². The van der Waals surface area contributed by atoms with Crippen molar-refractivity contribution in [3.63, 3.8) is 0 Å². The molecule has 1 aromatic heterocycles. The zero-order chi connectivity index (χ0) is 15.5. The first-order chi connectivity index (χ1) is 10.6. The number of hydrogen-bond acceptors (Lipinski definition) is 3. The van der Waals surface area contributed by atoms with E-state index in [0.717, 1.165) is 11.1 Å². The first-order valence-electron chi connectivity index (χ1n) is 6.82. The van der Waals surface area contributed by atoms with Crippen LogP contribution in [-0.2, 0) is 0 Å². The van der Waals surface area contributed by atoms with Crippen LogP contribution < -0.4 is 10.9 Å². The molecule has 110 valence electrons. The molecule has 0 atom stereocenters. The molecule has 0 saturated carbocycles. The molecule has 3 rings (SSSR count). The minimum atomic E-state index is -0.303. The maximum absolute atomic E-state index is 13.1. The topological polar surface area (TPSA) is 57.8 Å². The molecular formula is C17H14FN3O. The number of halogens is 1. The number of hydrogen-bond donors (Lipinski definition) is 2. The normalized spacial score (nSPS) is 10.5. The summed E-state index contributed by atoms with van der Waals surface area (Å²) in [5, 5.41) is 3.02. The van der Waals surface area contributed by atoms with E-state index in [2.05, 4.69) is 15.3 Å². The Morgan fingerprint density at radius 3 is 2.59 bits per heavy atom. The third-order valence-corrected chi connectivity index (χ3v) is 3.25. The van der Waals surface area contributed by atoms with E-state index in [9.17, 15) is 9.18 Å². The second-order valence-corrected chi connectivity index (χ2v) is 4.93. The third-order valence-electron chi connectivity index (χ3n) is 3.25. The predicted octanol–water partition coefficient (Wildman–Crippen LogP) is 3.63. The average Bonchev–Trinajstić information content (AvgIpc) is 2.50. The second kappa shape index (κ2) is 5.81. The van der Waals surface area contributed by atoms with Crippen molar-refractivity contribution in [2.75, 3.05) is 5.32 Å². The quantitative estimate of drug-likeness (QED) is 0.775. The monoisotopic (exact) mass is 295 g/mol. The number of aromatic amines is 1. The molecule has 0 saturated heterocycles. The Bertz CT molecular complexity index is 859. The van der Waals surface area contributed by atoms with Crippen molar-refractivity contribution in [2.45, 2.75) is 6.92 Å². The van der Waals surface area contributed by atoms with Gasteiger partial charge in [0.1, 0.15) is 5.82 Å². The third kappa shape index (κ3) is 3.03. The summed E-state index contributed by atoms with van der Waals surface area (Å²) in [6.45, 7) is 1.78. The lowest BCUT2D eigenvalue weighted by molar-refractivity contribution is 0.627. The lowest BCUT2D eigenvalue weighted by Gasteiger charge is -2.09. The van der Waals surface area contributed by atoms with E-state index < -0.39 is 0 Å². The number of anilines is 2. The van der Waals surface area contributed by atoms with E-state index in [0.29, 0.717) is 17.3 Å². The van der Waals surface area contributed by atoms with Gasteiger partial charge < -0.3 is 5.32 Å². The summed E-state index contributed by atoms with van der Waals surface area (Å²) in [4.78, 5) is 18.9.